The summed E-state index contributed by atoms with van der Waals surface area (Å²) in [6.07, 6.45) is -0.522. The first-order chi connectivity index (χ1) is 12.6. The van der Waals surface area contributed by atoms with Gasteiger partial charge in [-0.25, -0.2) is 4.39 Å². The highest BCUT2D eigenvalue weighted by molar-refractivity contribution is 6.10. The quantitative estimate of drug-likeness (QED) is 0.537. The molecule has 1 amide bonds. The van der Waals surface area contributed by atoms with Gasteiger partial charge in [-0.1, -0.05) is 30.3 Å². The largest absolute Gasteiger partial charge is 0.327 e. The van der Waals surface area contributed by atoms with E-state index in [1.165, 1.54) is 12.1 Å². The molecule has 4 aromatic rings. The first kappa shape index (κ1) is 14.8. The first-order valence-corrected chi connectivity index (χ1v) is 8.27. The molecule has 0 aliphatic carbocycles. The van der Waals surface area contributed by atoms with Gasteiger partial charge in [-0.05, 0) is 42.0 Å². The van der Waals surface area contributed by atoms with E-state index in [1.807, 2.05) is 22.8 Å². The lowest BCUT2D eigenvalue weighted by Crippen LogP contribution is -2.39. The summed E-state index contributed by atoms with van der Waals surface area (Å²) < 4.78 is 15.3. The van der Waals surface area contributed by atoms with Crippen LogP contribution in [0.3, 0.4) is 0 Å². The normalized spacial score (nSPS) is 16.0. The van der Waals surface area contributed by atoms with E-state index < -0.39 is 6.17 Å². The van der Waals surface area contributed by atoms with E-state index in [2.05, 4.69) is 5.32 Å². The molecule has 0 saturated carbocycles. The number of hydrogen-bond donors (Lipinski definition) is 1. The number of hydrogen-bond acceptors (Lipinski definition) is 2. The van der Waals surface area contributed by atoms with Gasteiger partial charge in [0.2, 0.25) is 0 Å². The lowest BCUT2D eigenvalue weighted by Gasteiger charge is -2.31. The molecular formula is C21H13FN2O2. The SMILES string of the molecule is O=C1NC(c2ccc(F)cc2)n2c3ccccc3c(=O)c3cccc1c32. The zero-order valence-electron chi connectivity index (χ0n) is 13.6. The zero-order valence-corrected chi connectivity index (χ0v) is 13.6. The van der Waals surface area contributed by atoms with E-state index in [9.17, 15) is 14.0 Å². The number of para-hydroxylation sites is 2. The molecule has 1 aliphatic heterocycles. The van der Waals surface area contributed by atoms with Crippen molar-refractivity contribution in [1.29, 1.82) is 0 Å². The number of benzene rings is 3. The Balaban J connectivity index is 1.98. The number of carbonyl (C=O) groups excluding carboxylic acids is 1. The van der Waals surface area contributed by atoms with Crippen molar-refractivity contribution in [1.82, 2.24) is 9.88 Å². The van der Waals surface area contributed by atoms with Crippen LogP contribution in [0.2, 0.25) is 0 Å². The highest BCUT2D eigenvalue weighted by atomic mass is 19.1. The van der Waals surface area contributed by atoms with E-state index in [0.717, 1.165) is 11.1 Å². The second kappa shape index (κ2) is 5.26. The number of pyridine rings is 1. The summed E-state index contributed by atoms with van der Waals surface area (Å²) in [5.74, 6) is -0.592. The third kappa shape index (κ3) is 1.94. The van der Waals surface area contributed by atoms with Gasteiger partial charge in [-0.3, -0.25) is 9.59 Å². The second-order valence-electron chi connectivity index (χ2n) is 6.35. The molecule has 3 aromatic carbocycles. The van der Waals surface area contributed by atoms with E-state index in [1.54, 1.807) is 36.4 Å². The maximum Gasteiger partial charge on any atom is 0.255 e. The van der Waals surface area contributed by atoms with Crippen LogP contribution in [0.4, 0.5) is 4.39 Å². The fourth-order valence-electron chi connectivity index (χ4n) is 3.72. The number of halogens is 1. The number of nitrogens with zero attached hydrogens (tertiary/aromatic N) is 1. The summed E-state index contributed by atoms with van der Waals surface area (Å²) in [5, 5.41) is 4.07. The predicted molar refractivity (Wildman–Crippen MR) is 97.7 cm³/mol. The Bertz CT molecular complexity index is 1260. The molecule has 1 aromatic heterocycles. The molecule has 0 spiro atoms. The van der Waals surface area contributed by atoms with Gasteiger partial charge in [0.15, 0.2) is 5.43 Å². The summed E-state index contributed by atoms with van der Waals surface area (Å²) in [7, 11) is 0. The van der Waals surface area contributed by atoms with Gasteiger partial charge in [0, 0.05) is 10.8 Å². The van der Waals surface area contributed by atoms with E-state index >= 15 is 0 Å². The summed E-state index contributed by atoms with van der Waals surface area (Å²) in [5.41, 5.74) is 2.44. The molecule has 5 heteroatoms. The van der Waals surface area contributed by atoms with Gasteiger partial charge in [0.1, 0.15) is 12.0 Å². The monoisotopic (exact) mass is 344 g/mol. The maximum absolute atomic E-state index is 13.4. The molecule has 126 valence electrons. The predicted octanol–water partition coefficient (Wildman–Crippen LogP) is 3.58. The Kier molecular flexibility index (Phi) is 3.00. The highest BCUT2D eigenvalue weighted by Gasteiger charge is 2.29. The molecule has 1 aliphatic rings. The Hall–Kier alpha value is -3.47. The molecule has 2 heterocycles. The molecule has 1 unspecified atom stereocenters. The Morgan fingerprint density at radius 3 is 2.38 bits per heavy atom. The molecule has 0 bridgehead atoms. The van der Waals surface area contributed by atoms with Crippen LogP contribution in [0.5, 0.6) is 0 Å². The van der Waals surface area contributed by atoms with Gasteiger partial charge < -0.3 is 9.88 Å². The third-order valence-electron chi connectivity index (χ3n) is 4.89. The van der Waals surface area contributed by atoms with Crippen molar-refractivity contribution in [3.63, 3.8) is 0 Å². The van der Waals surface area contributed by atoms with Crippen LogP contribution in [0.15, 0.2) is 71.5 Å². The zero-order chi connectivity index (χ0) is 17.8. The average Bonchev–Trinajstić information content (AvgIpc) is 2.67. The molecule has 0 fully saturated rings. The van der Waals surface area contributed by atoms with Gasteiger partial charge >= 0.3 is 0 Å². The topological polar surface area (TPSA) is 51.1 Å². The van der Waals surface area contributed by atoms with Crippen LogP contribution in [-0.4, -0.2) is 10.5 Å². The minimum Gasteiger partial charge on any atom is -0.327 e. The summed E-state index contributed by atoms with van der Waals surface area (Å²) >= 11 is 0. The number of carbonyl (C=O) groups is 1. The van der Waals surface area contributed by atoms with Crippen LogP contribution < -0.4 is 10.7 Å². The molecule has 0 saturated heterocycles. The van der Waals surface area contributed by atoms with Crippen molar-refractivity contribution in [2.45, 2.75) is 6.17 Å². The first-order valence-electron chi connectivity index (χ1n) is 8.27. The van der Waals surface area contributed by atoms with Gasteiger partial charge in [-0.2, -0.15) is 0 Å². The maximum atomic E-state index is 13.4. The van der Waals surface area contributed by atoms with Crippen molar-refractivity contribution in [3.05, 3.63) is 93.9 Å². The van der Waals surface area contributed by atoms with Gasteiger partial charge in [0.25, 0.3) is 5.91 Å². The number of amides is 1. The molecule has 1 N–H and O–H groups in total. The smallest absolute Gasteiger partial charge is 0.255 e. The molecule has 0 radical (unpaired) electrons. The average molecular weight is 344 g/mol. The highest BCUT2D eigenvalue weighted by Crippen LogP contribution is 2.32. The minimum atomic E-state index is -0.522. The van der Waals surface area contributed by atoms with Crippen LogP contribution in [0.25, 0.3) is 21.8 Å². The number of nitrogens with one attached hydrogen (secondary N) is 1. The molecule has 26 heavy (non-hydrogen) atoms. The van der Waals surface area contributed by atoms with Crippen LogP contribution in [0, 0.1) is 5.82 Å². The molecule has 4 nitrogen and oxygen atoms in total. The van der Waals surface area contributed by atoms with E-state index in [0.29, 0.717) is 21.9 Å². The fourth-order valence-corrected chi connectivity index (χ4v) is 3.72. The second-order valence-corrected chi connectivity index (χ2v) is 6.35. The van der Waals surface area contributed by atoms with Crippen molar-refractivity contribution in [2.24, 2.45) is 0 Å². The van der Waals surface area contributed by atoms with Crippen LogP contribution >= 0.6 is 0 Å². The Labute approximate surface area is 147 Å². The molecular weight excluding hydrogens is 331 g/mol. The van der Waals surface area contributed by atoms with Crippen molar-refractivity contribution in [2.75, 3.05) is 0 Å². The fraction of sp³-hybridized carbons (Fsp3) is 0.0476. The van der Waals surface area contributed by atoms with E-state index in [-0.39, 0.29) is 17.2 Å². The number of rotatable bonds is 1. The number of aromatic nitrogens is 1. The van der Waals surface area contributed by atoms with Crippen molar-refractivity contribution in [3.8, 4) is 0 Å². The van der Waals surface area contributed by atoms with Crippen molar-refractivity contribution < 1.29 is 9.18 Å². The van der Waals surface area contributed by atoms with Crippen molar-refractivity contribution >= 4 is 27.7 Å². The molecule has 1 atom stereocenters. The van der Waals surface area contributed by atoms with Gasteiger partial charge in [-0.15, -0.1) is 0 Å². The summed E-state index contributed by atoms with van der Waals surface area (Å²) in [6, 6.07) is 18.5. The lowest BCUT2D eigenvalue weighted by molar-refractivity contribution is 0.0925. The Morgan fingerprint density at radius 2 is 1.58 bits per heavy atom. The Morgan fingerprint density at radius 1 is 0.846 bits per heavy atom. The minimum absolute atomic E-state index is 0.0961. The van der Waals surface area contributed by atoms with Crippen LogP contribution in [-0.2, 0) is 0 Å². The number of fused-ring (bicyclic) bond motifs is 2. The standard InChI is InChI=1S/C21H13FN2O2/c22-13-10-8-12(9-11-13)20-23-21(26)16-6-3-5-15-18(16)24(20)17-7-2-1-4-14(17)19(15)25/h1-11,20H,(H,23,26). The van der Waals surface area contributed by atoms with Gasteiger partial charge in [0.05, 0.1) is 16.6 Å². The third-order valence-corrected chi connectivity index (χ3v) is 4.89. The summed E-state index contributed by atoms with van der Waals surface area (Å²) in [6.45, 7) is 0. The summed E-state index contributed by atoms with van der Waals surface area (Å²) in [4.78, 5) is 25.6. The van der Waals surface area contributed by atoms with Crippen LogP contribution in [0.1, 0.15) is 22.1 Å². The molecule has 5 rings (SSSR count). The lowest BCUT2D eigenvalue weighted by atomic mass is 10.0. The van der Waals surface area contributed by atoms with E-state index in [4.69, 9.17) is 0 Å².